The highest BCUT2D eigenvalue weighted by molar-refractivity contribution is 5.79. The summed E-state index contributed by atoms with van der Waals surface area (Å²) in [6, 6.07) is 19.0. The van der Waals surface area contributed by atoms with E-state index in [0.717, 1.165) is 44.7 Å². The molecule has 5 aromatic rings. The zero-order valence-corrected chi connectivity index (χ0v) is 23.7. The molecule has 7 rings (SSSR count). The lowest BCUT2D eigenvalue weighted by atomic mass is 10.0. The Balaban J connectivity index is 1.07. The van der Waals surface area contributed by atoms with Crippen molar-refractivity contribution < 1.29 is 24.4 Å². The van der Waals surface area contributed by atoms with Crippen LogP contribution in [0.5, 0.6) is 6.01 Å². The predicted octanol–water partition coefficient (Wildman–Crippen LogP) is 4.01. The molecule has 216 valence electrons. The summed E-state index contributed by atoms with van der Waals surface area (Å²) in [6.45, 7) is 6.21. The van der Waals surface area contributed by atoms with Gasteiger partial charge >= 0.3 is 0 Å². The number of aryl methyl sites for hydroxylation is 1. The highest BCUT2D eigenvalue weighted by atomic mass is 16.6. The second-order valence-electron chi connectivity index (χ2n) is 11.8. The number of benzene rings is 2. The maximum absolute atomic E-state index is 10.1. The first-order valence-corrected chi connectivity index (χ1v) is 14.1. The van der Waals surface area contributed by atoms with Crippen molar-refractivity contribution in [1.82, 2.24) is 24.7 Å². The lowest BCUT2D eigenvalue weighted by molar-refractivity contribution is 0.00706. The van der Waals surface area contributed by atoms with Crippen LogP contribution in [0.15, 0.2) is 67.0 Å². The summed E-state index contributed by atoms with van der Waals surface area (Å²) in [7, 11) is 0. The molecule has 2 fully saturated rings. The van der Waals surface area contributed by atoms with Crippen LogP contribution in [0, 0.1) is 6.92 Å². The third kappa shape index (κ3) is 5.18. The molecule has 3 N–H and O–H groups in total. The number of pyridine rings is 1. The lowest BCUT2D eigenvalue weighted by Gasteiger charge is -2.15. The Hall–Kier alpha value is -4.09. The molecule has 5 heterocycles. The summed E-state index contributed by atoms with van der Waals surface area (Å²) in [5.41, 5.74) is 7.60. The van der Waals surface area contributed by atoms with Crippen LogP contribution < -0.4 is 4.74 Å². The molecular weight excluding hydrogens is 534 g/mol. The number of nitrogens with zero attached hydrogens (tertiary/aromatic N) is 4. The molecule has 4 atom stereocenters. The molecule has 0 radical (unpaired) electrons. The SMILES string of the molecule is Cc1cc2[nH]c(O[C@@H]3CO[C@H]4[C@@H]3OC[C@H]4O)nc2nc1-c1ccc(-c2ccc(-n3cc(CC(C)(C)O)cn3)cc2)cc1. The van der Waals surface area contributed by atoms with Crippen LogP contribution in [0.3, 0.4) is 0 Å². The molecule has 3 aromatic heterocycles. The van der Waals surface area contributed by atoms with E-state index in [2.05, 4.69) is 51.5 Å². The largest absolute Gasteiger partial charge is 0.456 e. The Morgan fingerprint density at radius 1 is 0.976 bits per heavy atom. The van der Waals surface area contributed by atoms with Crippen LogP contribution in [-0.2, 0) is 15.9 Å². The topological polar surface area (TPSA) is 128 Å². The van der Waals surface area contributed by atoms with Gasteiger partial charge in [0.1, 0.15) is 18.3 Å². The van der Waals surface area contributed by atoms with Gasteiger partial charge in [-0.05, 0) is 61.2 Å². The van der Waals surface area contributed by atoms with E-state index in [1.807, 2.05) is 36.0 Å². The molecule has 10 nitrogen and oxygen atoms in total. The first kappa shape index (κ1) is 26.8. The fourth-order valence-electron chi connectivity index (χ4n) is 5.78. The quantitative estimate of drug-likeness (QED) is 0.269. The molecule has 2 saturated heterocycles. The van der Waals surface area contributed by atoms with Crippen LogP contribution in [0.1, 0.15) is 25.0 Å². The van der Waals surface area contributed by atoms with Gasteiger partial charge in [-0.2, -0.15) is 10.1 Å². The minimum Gasteiger partial charge on any atom is -0.456 e. The van der Waals surface area contributed by atoms with Gasteiger partial charge in [0.15, 0.2) is 11.8 Å². The molecule has 0 spiro atoms. The van der Waals surface area contributed by atoms with Crippen molar-refractivity contribution in [2.24, 2.45) is 0 Å². The van der Waals surface area contributed by atoms with E-state index in [9.17, 15) is 10.2 Å². The number of rotatable bonds is 7. The van der Waals surface area contributed by atoms with Gasteiger partial charge in [-0.3, -0.25) is 0 Å². The van der Waals surface area contributed by atoms with Gasteiger partial charge in [0, 0.05) is 18.2 Å². The summed E-state index contributed by atoms with van der Waals surface area (Å²) < 4.78 is 19.2. The number of hydrogen-bond donors (Lipinski definition) is 3. The molecule has 10 heteroatoms. The van der Waals surface area contributed by atoms with Crippen LogP contribution in [-0.4, -0.2) is 78.2 Å². The second kappa shape index (κ2) is 10.3. The van der Waals surface area contributed by atoms with Gasteiger partial charge in [0.05, 0.1) is 41.9 Å². The zero-order chi connectivity index (χ0) is 29.0. The number of fused-ring (bicyclic) bond motifs is 2. The van der Waals surface area contributed by atoms with Crippen molar-refractivity contribution in [3.63, 3.8) is 0 Å². The minimum absolute atomic E-state index is 0.250. The monoisotopic (exact) mass is 567 g/mol. The first-order valence-electron chi connectivity index (χ1n) is 14.1. The molecule has 42 heavy (non-hydrogen) atoms. The van der Waals surface area contributed by atoms with Crippen molar-refractivity contribution >= 4 is 11.2 Å². The Morgan fingerprint density at radius 3 is 2.40 bits per heavy atom. The number of nitrogens with one attached hydrogen (secondary N) is 1. The highest BCUT2D eigenvalue weighted by Crippen LogP contribution is 2.31. The molecule has 0 bridgehead atoms. The Kier molecular flexibility index (Phi) is 6.58. The number of ether oxygens (including phenoxy) is 3. The number of aromatic amines is 1. The van der Waals surface area contributed by atoms with Gasteiger partial charge in [-0.1, -0.05) is 36.4 Å². The minimum atomic E-state index is -0.773. The number of hydrogen-bond acceptors (Lipinski definition) is 8. The number of imidazole rings is 1. The maximum atomic E-state index is 10.1. The third-order valence-electron chi connectivity index (χ3n) is 7.78. The number of aromatic nitrogens is 5. The summed E-state index contributed by atoms with van der Waals surface area (Å²) in [5, 5.41) is 24.5. The van der Waals surface area contributed by atoms with Crippen molar-refractivity contribution in [3.8, 4) is 34.1 Å². The van der Waals surface area contributed by atoms with Crippen molar-refractivity contribution in [2.45, 2.75) is 57.2 Å². The lowest BCUT2D eigenvalue weighted by Crippen LogP contribution is -2.34. The van der Waals surface area contributed by atoms with Crippen LogP contribution in [0.25, 0.3) is 39.2 Å². The first-order chi connectivity index (χ1) is 20.2. The van der Waals surface area contributed by atoms with Crippen LogP contribution in [0.4, 0.5) is 0 Å². The van der Waals surface area contributed by atoms with E-state index in [0.29, 0.717) is 24.7 Å². The van der Waals surface area contributed by atoms with Gasteiger partial charge in [-0.25, -0.2) is 9.67 Å². The summed E-state index contributed by atoms with van der Waals surface area (Å²) in [4.78, 5) is 12.6. The molecule has 0 saturated carbocycles. The van der Waals surface area contributed by atoms with Gasteiger partial charge in [-0.15, -0.1) is 0 Å². The van der Waals surface area contributed by atoms with Gasteiger partial charge in [0.2, 0.25) is 0 Å². The molecule has 0 aliphatic carbocycles. The van der Waals surface area contributed by atoms with E-state index in [1.165, 1.54) is 0 Å². The summed E-state index contributed by atoms with van der Waals surface area (Å²) in [5.74, 6) is 0. The standard InChI is InChI=1S/C32H33N5O5/c1-18-12-24-30(36-31(34-24)42-26-17-41-28-25(38)16-40-29(26)28)35-27(18)22-6-4-20(5-7-22)21-8-10-23(11-9-21)37-15-19(14-33-37)13-32(2,3)39/h4-12,14-15,25-26,28-29,38-39H,13,16-17H2,1-3H3,(H,34,35,36)/t25-,26-,28-,29-/m1/s1. The maximum Gasteiger partial charge on any atom is 0.296 e. The van der Waals surface area contributed by atoms with Gasteiger partial charge in [0.25, 0.3) is 6.01 Å². The van der Waals surface area contributed by atoms with E-state index in [1.54, 1.807) is 20.0 Å². The average molecular weight is 568 g/mol. The van der Waals surface area contributed by atoms with E-state index in [4.69, 9.17) is 19.2 Å². The fraction of sp³-hybridized carbons (Fsp3) is 0.344. The molecule has 2 aliphatic heterocycles. The molecule has 0 amide bonds. The van der Waals surface area contributed by atoms with E-state index >= 15 is 0 Å². The Labute approximate surface area is 242 Å². The molecule has 2 aliphatic rings. The van der Waals surface area contributed by atoms with E-state index in [-0.39, 0.29) is 24.9 Å². The van der Waals surface area contributed by atoms with Crippen molar-refractivity contribution in [1.29, 1.82) is 0 Å². The zero-order valence-electron chi connectivity index (χ0n) is 23.7. The number of aliphatic hydroxyl groups is 2. The van der Waals surface area contributed by atoms with Crippen LogP contribution in [0.2, 0.25) is 0 Å². The second-order valence-corrected chi connectivity index (χ2v) is 11.8. The smallest absolute Gasteiger partial charge is 0.296 e. The Bertz CT molecular complexity index is 1720. The normalized spacial score (nSPS) is 22.1. The Morgan fingerprint density at radius 2 is 1.67 bits per heavy atom. The van der Waals surface area contributed by atoms with Crippen molar-refractivity contribution in [3.05, 3.63) is 78.1 Å². The molecular formula is C32H33N5O5. The fourth-order valence-corrected chi connectivity index (χ4v) is 5.78. The van der Waals surface area contributed by atoms with Crippen LogP contribution >= 0.6 is 0 Å². The summed E-state index contributed by atoms with van der Waals surface area (Å²) >= 11 is 0. The van der Waals surface area contributed by atoms with E-state index < -0.39 is 11.7 Å². The highest BCUT2D eigenvalue weighted by Gasteiger charge is 2.48. The third-order valence-corrected chi connectivity index (χ3v) is 7.78. The number of H-pyrrole nitrogens is 1. The number of aliphatic hydroxyl groups excluding tert-OH is 1. The summed E-state index contributed by atoms with van der Waals surface area (Å²) in [6.07, 6.45) is 2.66. The molecule has 0 unspecified atom stereocenters. The van der Waals surface area contributed by atoms with Gasteiger partial charge < -0.3 is 29.4 Å². The van der Waals surface area contributed by atoms with Crippen molar-refractivity contribution in [2.75, 3.05) is 13.2 Å². The molecule has 2 aromatic carbocycles. The predicted molar refractivity (Wildman–Crippen MR) is 157 cm³/mol. The average Bonchev–Trinajstić information content (AvgIpc) is 3.75.